The smallest absolute Gasteiger partial charge is 0.305 e. The minimum absolute atomic E-state index is 0.0800. The molecular weight excluding hydrogens is 240 g/mol. The average Bonchev–Trinajstić information content (AvgIpc) is 2.74. The van der Waals surface area contributed by atoms with Crippen LogP contribution in [0.4, 0.5) is 0 Å². The van der Waals surface area contributed by atoms with Gasteiger partial charge >= 0.3 is 5.97 Å². The summed E-state index contributed by atoms with van der Waals surface area (Å²) >= 11 is 0. The van der Waals surface area contributed by atoms with Gasteiger partial charge in [-0.25, -0.2) is 0 Å². The van der Waals surface area contributed by atoms with Gasteiger partial charge in [-0.3, -0.25) is 4.79 Å². The van der Waals surface area contributed by atoms with Crippen molar-refractivity contribution in [1.29, 1.82) is 0 Å². The molecule has 16 heavy (non-hydrogen) atoms. The molecule has 1 heterocycles. The van der Waals surface area contributed by atoms with Crippen LogP contribution >= 0.6 is 21.6 Å². The van der Waals surface area contributed by atoms with Crippen LogP contribution < -0.4 is 0 Å². The molecule has 1 aliphatic heterocycles. The number of carbonyl (C=O) groups is 1. The highest BCUT2D eigenvalue weighted by molar-refractivity contribution is 8.77. The van der Waals surface area contributed by atoms with Gasteiger partial charge in [0.25, 0.3) is 0 Å². The van der Waals surface area contributed by atoms with Crippen LogP contribution in [-0.4, -0.2) is 23.6 Å². The Balaban J connectivity index is 0.00000106. The van der Waals surface area contributed by atoms with Gasteiger partial charge < -0.3 is 4.74 Å². The summed E-state index contributed by atoms with van der Waals surface area (Å²) in [6, 6.07) is 0. The fraction of sp³-hybridized carbons (Fsp3) is 0.917. The zero-order valence-electron chi connectivity index (χ0n) is 10.9. The molecule has 4 heteroatoms. The molecule has 1 saturated heterocycles. The number of rotatable bonds is 5. The second kappa shape index (κ2) is 9.23. The lowest BCUT2D eigenvalue weighted by molar-refractivity contribution is -0.140. The van der Waals surface area contributed by atoms with E-state index in [0.717, 1.165) is 12.8 Å². The van der Waals surface area contributed by atoms with E-state index in [-0.39, 0.29) is 5.97 Å². The lowest BCUT2D eigenvalue weighted by Crippen LogP contribution is -2.15. The third-order valence-corrected chi connectivity index (χ3v) is 5.90. The van der Waals surface area contributed by atoms with Crippen molar-refractivity contribution in [3.8, 4) is 0 Å². The summed E-state index contributed by atoms with van der Waals surface area (Å²) in [4.78, 5) is 10.9. The first-order chi connectivity index (χ1) is 7.66. The van der Waals surface area contributed by atoms with Crippen LogP contribution in [0.25, 0.3) is 0 Å². The standard InChI is InChI=1S/C10H18O2S2.C2H6/c1-10(7-8-13-14-10)6-4-3-5-9(11)12-2;1-2/h3-8H2,1-2H3;1-2H3/t10-;/m1./s1. The van der Waals surface area contributed by atoms with Crippen molar-refractivity contribution >= 4 is 27.6 Å². The van der Waals surface area contributed by atoms with Gasteiger partial charge in [0.05, 0.1) is 7.11 Å². The van der Waals surface area contributed by atoms with Gasteiger partial charge in [-0.2, -0.15) is 0 Å². The van der Waals surface area contributed by atoms with Gasteiger partial charge in [0.2, 0.25) is 0 Å². The van der Waals surface area contributed by atoms with Crippen LogP contribution in [0.2, 0.25) is 0 Å². The maximum absolute atomic E-state index is 10.9. The van der Waals surface area contributed by atoms with E-state index in [1.807, 2.05) is 35.4 Å². The summed E-state index contributed by atoms with van der Waals surface area (Å²) in [6.45, 7) is 6.33. The molecule has 2 nitrogen and oxygen atoms in total. The number of carbonyl (C=O) groups excluding carboxylic acids is 1. The van der Waals surface area contributed by atoms with Gasteiger partial charge in [0.15, 0.2) is 0 Å². The van der Waals surface area contributed by atoms with Gasteiger partial charge in [0.1, 0.15) is 0 Å². The highest BCUT2D eigenvalue weighted by Gasteiger charge is 2.29. The van der Waals surface area contributed by atoms with Gasteiger partial charge in [-0.1, -0.05) is 41.9 Å². The lowest BCUT2D eigenvalue weighted by Gasteiger charge is -2.20. The summed E-state index contributed by atoms with van der Waals surface area (Å²) in [7, 11) is 5.44. The maximum atomic E-state index is 10.9. The zero-order valence-corrected chi connectivity index (χ0v) is 12.5. The summed E-state index contributed by atoms with van der Waals surface area (Å²) in [6.07, 6.45) is 5.21. The molecule has 0 saturated carbocycles. The zero-order chi connectivity index (χ0) is 12.4. The molecule has 1 aliphatic rings. The Kier molecular flexibility index (Phi) is 9.32. The number of hydrogen-bond donors (Lipinski definition) is 0. The molecule has 0 unspecified atom stereocenters. The number of hydrogen-bond acceptors (Lipinski definition) is 4. The SMILES string of the molecule is CC.COC(=O)CCCC[C@]1(C)CCSS1. The molecule has 0 aliphatic carbocycles. The molecule has 0 bridgehead atoms. The van der Waals surface area contributed by atoms with Crippen molar-refractivity contribution in [2.75, 3.05) is 12.9 Å². The second-order valence-electron chi connectivity index (χ2n) is 3.89. The second-order valence-corrected chi connectivity index (χ2v) is 6.89. The average molecular weight is 264 g/mol. The van der Waals surface area contributed by atoms with E-state index in [9.17, 15) is 4.79 Å². The highest BCUT2D eigenvalue weighted by atomic mass is 33.1. The van der Waals surface area contributed by atoms with Gasteiger partial charge in [0, 0.05) is 16.9 Å². The predicted octanol–water partition coefficient (Wildman–Crippen LogP) is 4.29. The van der Waals surface area contributed by atoms with E-state index < -0.39 is 0 Å². The molecular formula is C12H24O2S2. The first-order valence-corrected chi connectivity index (χ1v) is 8.36. The Labute approximate surface area is 108 Å². The molecule has 1 atom stereocenters. The van der Waals surface area contributed by atoms with Crippen LogP contribution in [0.3, 0.4) is 0 Å². The minimum atomic E-state index is -0.0800. The van der Waals surface area contributed by atoms with Crippen LogP contribution in [0, 0.1) is 0 Å². The van der Waals surface area contributed by atoms with Crippen LogP contribution in [0.1, 0.15) is 52.9 Å². The number of unbranched alkanes of at least 4 members (excludes halogenated alkanes) is 1. The molecule has 1 rings (SSSR count). The molecule has 0 aromatic rings. The van der Waals surface area contributed by atoms with Crippen molar-refractivity contribution in [2.45, 2.75) is 57.6 Å². The summed E-state index contributed by atoms with van der Waals surface area (Å²) in [5, 5.41) is 0. The monoisotopic (exact) mass is 264 g/mol. The Hall–Kier alpha value is 0.170. The summed E-state index contributed by atoms with van der Waals surface area (Å²) in [5.41, 5.74) is 0. The van der Waals surface area contributed by atoms with Crippen molar-refractivity contribution in [2.24, 2.45) is 0 Å². The first kappa shape index (κ1) is 16.2. The Morgan fingerprint density at radius 2 is 2.06 bits per heavy atom. The first-order valence-electron chi connectivity index (χ1n) is 6.04. The number of esters is 1. The molecule has 0 aromatic carbocycles. The Bertz CT molecular complexity index is 189. The fourth-order valence-corrected chi connectivity index (χ4v) is 4.82. The molecule has 0 spiro atoms. The van der Waals surface area contributed by atoms with E-state index in [4.69, 9.17) is 0 Å². The minimum Gasteiger partial charge on any atom is -0.469 e. The van der Waals surface area contributed by atoms with Gasteiger partial charge in [-0.15, -0.1) is 0 Å². The molecule has 1 fully saturated rings. The van der Waals surface area contributed by atoms with E-state index in [1.54, 1.807) is 0 Å². The third-order valence-electron chi connectivity index (χ3n) is 2.54. The largest absolute Gasteiger partial charge is 0.469 e. The lowest BCUT2D eigenvalue weighted by atomic mass is 9.99. The third kappa shape index (κ3) is 6.69. The molecule has 96 valence electrons. The van der Waals surface area contributed by atoms with Crippen LogP contribution in [-0.2, 0) is 9.53 Å². The van der Waals surface area contributed by atoms with E-state index in [1.165, 1.54) is 25.7 Å². The van der Waals surface area contributed by atoms with Gasteiger partial charge in [-0.05, 0) is 26.2 Å². The fourth-order valence-electron chi connectivity index (χ4n) is 1.52. The van der Waals surface area contributed by atoms with Crippen LogP contribution in [0.5, 0.6) is 0 Å². The number of methoxy groups -OCH3 is 1. The quantitative estimate of drug-likeness (QED) is 0.420. The maximum Gasteiger partial charge on any atom is 0.305 e. The van der Waals surface area contributed by atoms with Crippen LogP contribution in [0.15, 0.2) is 0 Å². The van der Waals surface area contributed by atoms with Crippen molar-refractivity contribution in [3.63, 3.8) is 0 Å². The Morgan fingerprint density at radius 3 is 2.56 bits per heavy atom. The molecule has 0 radical (unpaired) electrons. The van der Waals surface area contributed by atoms with E-state index >= 15 is 0 Å². The Morgan fingerprint density at radius 1 is 1.38 bits per heavy atom. The van der Waals surface area contributed by atoms with E-state index in [2.05, 4.69) is 11.7 Å². The van der Waals surface area contributed by atoms with Crippen molar-refractivity contribution in [3.05, 3.63) is 0 Å². The predicted molar refractivity (Wildman–Crippen MR) is 74.9 cm³/mol. The molecule has 0 amide bonds. The van der Waals surface area contributed by atoms with E-state index in [0.29, 0.717) is 11.2 Å². The summed E-state index contributed by atoms with van der Waals surface area (Å²) in [5.74, 6) is 1.20. The molecule has 0 aromatic heterocycles. The molecule has 0 N–H and O–H groups in total. The van der Waals surface area contributed by atoms with Crippen molar-refractivity contribution in [1.82, 2.24) is 0 Å². The van der Waals surface area contributed by atoms with Crippen molar-refractivity contribution < 1.29 is 9.53 Å². The topological polar surface area (TPSA) is 26.3 Å². The summed E-state index contributed by atoms with van der Waals surface area (Å²) < 4.78 is 5.06. The number of ether oxygens (including phenoxy) is 1. The highest BCUT2D eigenvalue weighted by Crippen LogP contribution is 2.49. The normalized spacial score (nSPS) is 23.5.